The molecule has 0 saturated heterocycles. The molecule has 4 heteroatoms. The van der Waals surface area contributed by atoms with E-state index in [4.69, 9.17) is 5.73 Å². The molecule has 0 spiro atoms. The first-order valence-electron chi connectivity index (χ1n) is 6.99. The van der Waals surface area contributed by atoms with Crippen LogP contribution in [0, 0.1) is 11.7 Å². The Balaban J connectivity index is 2.21. The molecule has 0 bridgehead atoms. The SMILES string of the molecule is CC(C)CCCCCCNc1cc(F)c(Br)cc1N. The van der Waals surface area contributed by atoms with Gasteiger partial charge in [0.05, 0.1) is 15.8 Å². The highest BCUT2D eigenvalue weighted by Crippen LogP contribution is 2.26. The molecule has 1 aromatic carbocycles. The minimum atomic E-state index is -0.284. The van der Waals surface area contributed by atoms with Crippen LogP contribution >= 0.6 is 15.9 Å². The van der Waals surface area contributed by atoms with E-state index in [1.54, 1.807) is 6.07 Å². The molecule has 0 fully saturated rings. The van der Waals surface area contributed by atoms with Crippen LogP contribution in [-0.2, 0) is 0 Å². The maximum Gasteiger partial charge on any atom is 0.139 e. The molecule has 0 atom stereocenters. The number of hydrogen-bond acceptors (Lipinski definition) is 2. The van der Waals surface area contributed by atoms with Crippen LogP contribution in [0.3, 0.4) is 0 Å². The summed E-state index contributed by atoms with van der Waals surface area (Å²) >= 11 is 3.12. The first-order chi connectivity index (χ1) is 9.00. The number of benzene rings is 1. The lowest BCUT2D eigenvalue weighted by Gasteiger charge is -2.10. The molecule has 0 aliphatic heterocycles. The van der Waals surface area contributed by atoms with Gasteiger partial charge in [0.1, 0.15) is 5.82 Å². The lowest BCUT2D eigenvalue weighted by atomic mass is 10.0. The van der Waals surface area contributed by atoms with Gasteiger partial charge in [-0.25, -0.2) is 4.39 Å². The van der Waals surface area contributed by atoms with Crippen molar-refractivity contribution in [3.8, 4) is 0 Å². The Kier molecular flexibility index (Phi) is 7.21. The highest BCUT2D eigenvalue weighted by Gasteiger charge is 2.05. The molecule has 0 aliphatic carbocycles. The van der Waals surface area contributed by atoms with E-state index < -0.39 is 0 Å². The average molecular weight is 331 g/mol. The van der Waals surface area contributed by atoms with Crippen molar-refractivity contribution in [3.05, 3.63) is 22.4 Å². The molecule has 2 nitrogen and oxygen atoms in total. The summed E-state index contributed by atoms with van der Waals surface area (Å²) in [6.45, 7) is 5.35. The zero-order valence-corrected chi connectivity index (χ0v) is 13.4. The number of rotatable bonds is 8. The molecule has 1 aromatic rings. The molecule has 108 valence electrons. The van der Waals surface area contributed by atoms with Crippen molar-refractivity contribution < 1.29 is 4.39 Å². The average Bonchev–Trinajstić information content (AvgIpc) is 2.33. The molecule has 0 aliphatic rings. The smallest absolute Gasteiger partial charge is 0.139 e. The Bertz CT molecular complexity index is 394. The molecule has 0 amide bonds. The normalized spacial score (nSPS) is 11.0. The minimum Gasteiger partial charge on any atom is -0.397 e. The van der Waals surface area contributed by atoms with Gasteiger partial charge in [0.25, 0.3) is 0 Å². The van der Waals surface area contributed by atoms with Gasteiger partial charge in [-0.3, -0.25) is 0 Å². The molecule has 0 radical (unpaired) electrons. The zero-order chi connectivity index (χ0) is 14.3. The maximum absolute atomic E-state index is 13.4. The Morgan fingerprint density at radius 2 is 1.89 bits per heavy atom. The molecular weight excluding hydrogens is 307 g/mol. The minimum absolute atomic E-state index is 0.284. The molecule has 1 rings (SSSR count). The van der Waals surface area contributed by atoms with Crippen molar-refractivity contribution in [2.75, 3.05) is 17.6 Å². The van der Waals surface area contributed by atoms with Gasteiger partial charge in [-0.2, -0.15) is 0 Å². The predicted octanol–water partition coefficient (Wildman–Crippen LogP) is 5.19. The zero-order valence-electron chi connectivity index (χ0n) is 11.8. The second kappa shape index (κ2) is 8.41. The third kappa shape index (κ3) is 6.28. The summed E-state index contributed by atoms with van der Waals surface area (Å²) in [7, 11) is 0. The Labute approximate surface area is 124 Å². The van der Waals surface area contributed by atoms with E-state index in [-0.39, 0.29) is 5.82 Å². The summed E-state index contributed by atoms with van der Waals surface area (Å²) in [4.78, 5) is 0. The van der Waals surface area contributed by atoms with Crippen molar-refractivity contribution in [2.45, 2.75) is 46.0 Å². The first kappa shape index (κ1) is 16.3. The number of nitrogens with one attached hydrogen (secondary N) is 1. The van der Waals surface area contributed by atoms with Crippen LogP contribution in [0.4, 0.5) is 15.8 Å². The van der Waals surface area contributed by atoms with E-state index in [0.717, 1.165) is 18.9 Å². The summed E-state index contributed by atoms with van der Waals surface area (Å²) < 4.78 is 13.8. The predicted molar refractivity (Wildman–Crippen MR) is 84.9 cm³/mol. The van der Waals surface area contributed by atoms with Gasteiger partial charge in [0.15, 0.2) is 0 Å². The monoisotopic (exact) mass is 330 g/mol. The van der Waals surface area contributed by atoms with Gasteiger partial charge in [-0.1, -0.05) is 39.5 Å². The van der Waals surface area contributed by atoms with Gasteiger partial charge in [-0.05, 0) is 34.3 Å². The number of hydrogen-bond donors (Lipinski definition) is 2. The van der Waals surface area contributed by atoms with E-state index in [2.05, 4.69) is 35.1 Å². The van der Waals surface area contributed by atoms with Gasteiger partial charge in [-0.15, -0.1) is 0 Å². The number of halogens is 2. The van der Waals surface area contributed by atoms with Gasteiger partial charge in [0.2, 0.25) is 0 Å². The number of unbranched alkanes of at least 4 members (excludes halogenated alkanes) is 3. The van der Waals surface area contributed by atoms with E-state index >= 15 is 0 Å². The van der Waals surface area contributed by atoms with Gasteiger partial charge < -0.3 is 11.1 Å². The lowest BCUT2D eigenvalue weighted by Crippen LogP contribution is -2.05. The van der Waals surface area contributed by atoms with Crippen LogP contribution in [-0.4, -0.2) is 6.54 Å². The largest absolute Gasteiger partial charge is 0.397 e. The summed E-state index contributed by atoms with van der Waals surface area (Å²) in [6.07, 6.45) is 6.17. The third-order valence-corrected chi connectivity index (χ3v) is 3.72. The Morgan fingerprint density at radius 1 is 1.21 bits per heavy atom. The van der Waals surface area contributed by atoms with E-state index in [1.807, 2.05) is 0 Å². The molecule has 3 N–H and O–H groups in total. The van der Waals surface area contributed by atoms with Crippen LogP contribution in [0.15, 0.2) is 16.6 Å². The molecule has 0 unspecified atom stereocenters. The van der Waals surface area contributed by atoms with Crippen molar-refractivity contribution >= 4 is 27.3 Å². The van der Waals surface area contributed by atoms with Gasteiger partial charge >= 0.3 is 0 Å². The highest BCUT2D eigenvalue weighted by atomic mass is 79.9. The second-order valence-corrected chi connectivity index (χ2v) is 6.23. The lowest BCUT2D eigenvalue weighted by molar-refractivity contribution is 0.523. The molecular formula is C15H24BrFN2. The van der Waals surface area contributed by atoms with Crippen molar-refractivity contribution in [3.63, 3.8) is 0 Å². The fourth-order valence-electron chi connectivity index (χ4n) is 1.97. The summed E-state index contributed by atoms with van der Waals surface area (Å²) in [5.41, 5.74) is 7.09. The van der Waals surface area contributed by atoms with Gasteiger partial charge in [0, 0.05) is 12.6 Å². The standard InChI is InChI=1S/C15H24BrFN2/c1-11(2)7-5-3-4-6-8-19-15-10-13(17)12(16)9-14(15)18/h9-11,19H,3-8,18H2,1-2H3. The van der Waals surface area contributed by atoms with Crippen LogP contribution in [0.25, 0.3) is 0 Å². The van der Waals surface area contributed by atoms with Crippen LogP contribution < -0.4 is 11.1 Å². The van der Waals surface area contributed by atoms with E-state index in [0.29, 0.717) is 15.8 Å². The summed E-state index contributed by atoms with van der Waals surface area (Å²) in [6, 6.07) is 3.04. The fourth-order valence-corrected chi connectivity index (χ4v) is 2.33. The van der Waals surface area contributed by atoms with E-state index in [1.165, 1.54) is 31.7 Å². The fraction of sp³-hybridized carbons (Fsp3) is 0.600. The molecule has 0 aromatic heterocycles. The molecule has 0 heterocycles. The second-order valence-electron chi connectivity index (χ2n) is 5.38. The van der Waals surface area contributed by atoms with Crippen LogP contribution in [0.5, 0.6) is 0 Å². The number of nitrogens with two attached hydrogens (primary N) is 1. The van der Waals surface area contributed by atoms with Crippen LogP contribution in [0.1, 0.15) is 46.0 Å². The number of anilines is 2. The summed E-state index contributed by atoms with van der Waals surface area (Å²) in [5.74, 6) is 0.511. The van der Waals surface area contributed by atoms with Crippen molar-refractivity contribution in [1.29, 1.82) is 0 Å². The first-order valence-corrected chi connectivity index (χ1v) is 7.78. The maximum atomic E-state index is 13.4. The quantitative estimate of drug-likeness (QED) is 0.508. The third-order valence-electron chi connectivity index (χ3n) is 3.12. The van der Waals surface area contributed by atoms with Crippen LogP contribution in [0.2, 0.25) is 0 Å². The highest BCUT2D eigenvalue weighted by molar-refractivity contribution is 9.10. The number of nitrogen functional groups attached to an aromatic ring is 1. The molecule has 0 saturated carbocycles. The molecule has 19 heavy (non-hydrogen) atoms. The van der Waals surface area contributed by atoms with E-state index in [9.17, 15) is 4.39 Å². The Hall–Kier alpha value is -0.770. The topological polar surface area (TPSA) is 38.0 Å². The van der Waals surface area contributed by atoms with Crippen molar-refractivity contribution in [2.24, 2.45) is 5.92 Å². The van der Waals surface area contributed by atoms with Crippen molar-refractivity contribution in [1.82, 2.24) is 0 Å². The Morgan fingerprint density at radius 3 is 2.58 bits per heavy atom. The summed E-state index contributed by atoms with van der Waals surface area (Å²) in [5, 5.41) is 3.19.